The van der Waals surface area contributed by atoms with E-state index in [1.165, 1.54) is 0 Å². The number of ether oxygens (including phenoxy) is 2. The predicted octanol–water partition coefficient (Wildman–Crippen LogP) is 5.16. The Morgan fingerprint density at radius 1 is 0.853 bits per heavy atom. The number of benzene rings is 3. The Balaban J connectivity index is 1.82. The second-order valence-electron chi connectivity index (χ2n) is 7.30. The molecule has 0 aromatic heterocycles. The molecule has 0 radical (unpaired) electrons. The average molecular weight is 464 g/mol. The van der Waals surface area contributed by atoms with Crippen LogP contribution in [0.25, 0.3) is 5.57 Å². The fraction of sp³-hybridized carbons (Fsp3) is 0.154. The van der Waals surface area contributed by atoms with Gasteiger partial charge in [-0.1, -0.05) is 24.3 Å². The molecular formula is C26H22F2N2O4. The average Bonchev–Trinajstić information content (AvgIpc) is 3.06. The molecule has 0 aliphatic carbocycles. The number of hydrogen-bond donors (Lipinski definition) is 1. The molecule has 1 N–H and O–H groups in total. The normalized spacial score (nSPS) is 13.5. The van der Waals surface area contributed by atoms with Crippen molar-refractivity contribution in [3.63, 3.8) is 0 Å². The van der Waals surface area contributed by atoms with Crippen LogP contribution < -0.4 is 19.7 Å². The van der Waals surface area contributed by atoms with Crippen molar-refractivity contribution in [3.05, 3.63) is 89.6 Å². The van der Waals surface area contributed by atoms with Gasteiger partial charge in [-0.15, -0.1) is 0 Å². The Morgan fingerprint density at radius 2 is 1.56 bits per heavy atom. The molecule has 0 fully saturated rings. The molecule has 1 aliphatic heterocycles. The zero-order valence-electron chi connectivity index (χ0n) is 18.6. The maximum atomic E-state index is 14.6. The van der Waals surface area contributed by atoms with Crippen molar-refractivity contribution < 1.29 is 27.8 Å². The number of hydrogen-bond acceptors (Lipinski definition) is 5. The van der Waals surface area contributed by atoms with E-state index < -0.39 is 23.4 Å². The van der Waals surface area contributed by atoms with E-state index in [1.54, 1.807) is 48.5 Å². The van der Waals surface area contributed by atoms with E-state index in [2.05, 4.69) is 5.32 Å². The smallest absolute Gasteiger partial charge is 0.282 e. The highest BCUT2D eigenvalue weighted by Gasteiger charge is 2.41. The lowest BCUT2D eigenvalue weighted by molar-refractivity contribution is -0.120. The molecule has 0 atom stereocenters. The number of anilines is 2. The van der Waals surface area contributed by atoms with Crippen molar-refractivity contribution >= 4 is 28.8 Å². The van der Waals surface area contributed by atoms with Crippen LogP contribution in [0.3, 0.4) is 0 Å². The van der Waals surface area contributed by atoms with Crippen LogP contribution in [0.5, 0.6) is 11.5 Å². The number of nitrogens with zero attached hydrogens (tertiary/aromatic N) is 1. The molecule has 6 nitrogen and oxygen atoms in total. The van der Waals surface area contributed by atoms with E-state index in [0.29, 0.717) is 46.9 Å². The molecule has 0 saturated carbocycles. The van der Waals surface area contributed by atoms with Crippen molar-refractivity contribution in [2.24, 2.45) is 0 Å². The van der Waals surface area contributed by atoms with Gasteiger partial charge in [-0.25, -0.2) is 13.7 Å². The quantitative estimate of drug-likeness (QED) is 0.467. The number of carbonyl (C=O) groups excluding carboxylic acids is 2. The third-order valence-corrected chi connectivity index (χ3v) is 5.14. The van der Waals surface area contributed by atoms with Gasteiger partial charge in [-0.05, 0) is 55.8 Å². The third kappa shape index (κ3) is 4.34. The minimum atomic E-state index is -1.02. The summed E-state index contributed by atoms with van der Waals surface area (Å²) in [6.45, 7) is 4.54. The van der Waals surface area contributed by atoms with Gasteiger partial charge in [0.05, 0.1) is 30.2 Å². The number of rotatable bonds is 8. The third-order valence-electron chi connectivity index (χ3n) is 5.14. The minimum absolute atomic E-state index is 0.0445. The molecule has 34 heavy (non-hydrogen) atoms. The van der Waals surface area contributed by atoms with Crippen LogP contribution in [0, 0.1) is 11.6 Å². The highest BCUT2D eigenvalue weighted by molar-refractivity contribution is 6.46. The zero-order chi connectivity index (χ0) is 24.2. The van der Waals surface area contributed by atoms with Crippen LogP contribution in [0.15, 0.2) is 72.4 Å². The van der Waals surface area contributed by atoms with Gasteiger partial charge in [0.1, 0.15) is 28.8 Å². The van der Waals surface area contributed by atoms with Crippen LogP contribution in [0.4, 0.5) is 20.2 Å². The van der Waals surface area contributed by atoms with E-state index >= 15 is 0 Å². The van der Waals surface area contributed by atoms with Crippen molar-refractivity contribution in [2.45, 2.75) is 13.8 Å². The first-order chi connectivity index (χ1) is 16.4. The Kier molecular flexibility index (Phi) is 6.58. The van der Waals surface area contributed by atoms with E-state index in [0.717, 1.165) is 12.1 Å². The number of nitrogens with one attached hydrogen (secondary N) is 1. The SMILES string of the molecule is CCOc1ccc(C2=C(Nc3ccccc3OCC)C(=O)N(c3ccc(F)cc3F)C2=O)cc1. The van der Waals surface area contributed by atoms with Gasteiger partial charge in [0.15, 0.2) is 0 Å². The Bertz CT molecular complexity index is 1270. The van der Waals surface area contributed by atoms with Gasteiger partial charge in [-0.2, -0.15) is 0 Å². The summed E-state index contributed by atoms with van der Waals surface area (Å²) < 4.78 is 39.1. The molecule has 8 heteroatoms. The van der Waals surface area contributed by atoms with Crippen molar-refractivity contribution in [1.29, 1.82) is 0 Å². The van der Waals surface area contributed by atoms with E-state index in [1.807, 2.05) is 13.8 Å². The number of carbonyl (C=O) groups is 2. The summed E-state index contributed by atoms with van der Waals surface area (Å²) >= 11 is 0. The minimum Gasteiger partial charge on any atom is -0.494 e. The Labute approximate surface area is 195 Å². The molecule has 0 unspecified atom stereocenters. The summed E-state index contributed by atoms with van der Waals surface area (Å²) in [5.41, 5.74) is 0.552. The van der Waals surface area contributed by atoms with E-state index in [4.69, 9.17) is 9.47 Å². The number of imide groups is 1. The molecule has 0 spiro atoms. The zero-order valence-corrected chi connectivity index (χ0v) is 18.6. The highest BCUT2D eigenvalue weighted by atomic mass is 19.1. The standard InChI is InChI=1S/C26H22F2N2O4/c1-3-33-18-12-9-16(10-13-18)23-24(29-20-7-5-6-8-22(20)34-4-2)26(32)30(25(23)31)21-14-11-17(27)15-19(21)28/h5-15,29H,3-4H2,1-2H3. The summed E-state index contributed by atoms with van der Waals surface area (Å²) in [4.78, 5) is 27.6. The molecule has 1 aliphatic rings. The molecule has 3 aromatic rings. The first-order valence-electron chi connectivity index (χ1n) is 10.7. The fourth-order valence-corrected chi connectivity index (χ4v) is 3.67. The maximum absolute atomic E-state index is 14.6. The van der Waals surface area contributed by atoms with Crippen LogP contribution in [-0.2, 0) is 9.59 Å². The van der Waals surface area contributed by atoms with Crippen LogP contribution in [0.2, 0.25) is 0 Å². The molecule has 1 heterocycles. The largest absolute Gasteiger partial charge is 0.494 e. The number of para-hydroxylation sites is 2. The molecule has 174 valence electrons. The summed E-state index contributed by atoms with van der Waals surface area (Å²) in [5, 5.41) is 3.01. The van der Waals surface area contributed by atoms with Gasteiger partial charge in [0.25, 0.3) is 11.8 Å². The van der Waals surface area contributed by atoms with Crippen LogP contribution in [-0.4, -0.2) is 25.0 Å². The molecule has 0 bridgehead atoms. The summed E-state index contributed by atoms with van der Waals surface area (Å²) in [7, 11) is 0. The highest BCUT2D eigenvalue weighted by Crippen LogP contribution is 2.37. The summed E-state index contributed by atoms with van der Waals surface area (Å²) in [5.74, 6) is -2.27. The van der Waals surface area contributed by atoms with Gasteiger partial charge in [0, 0.05) is 6.07 Å². The Morgan fingerprint density at radius 3 is 2.24 bits per heavy atom. The van der Waals surface area contributed by atoms with Gasteiger partial charge >= 0.3 is 0 Å². The Hall–Kier alpha value is -4.20. The number of halogens is 2. The van der Waals surface area contributed by atoms with Crippen molar-refractivity contribution in [1.82, 2.24) is 0 Å². The van der Waals surface area contributed by atoms with E-state index in [9.17, 15) is 18.4 Å². The van der Waals surface area contributed by atoms with Gasteiger partial charge in [0.2, 0.25) is 0 Å². The van der Waals surface area contributed by atoms with Crippen LogP contribution in [0.1, 0.15) is 19.4 Å². The van der Waals surface area contributed by atoms with Gasteiger partial charge in [-0.3, -0.25) is 9.59 Å². The van der Waals surface area contributed by atoms with Gasteiger partial charge < -0.3 is 14.8 Å². The second kappa shape index (κ2) is 9.74. The first kappa shape index (κ1) is 23.0. The maximum Gasteiger partial charge on any atom is 0.282 e. The van der Waals surface area contributed by atoms with E-state index in [-0.39, 0.29) is 17.0 Å². The molecule has 4 rings (SSSR count). The molecule has 0 saturated heterocycles. The summed E-state index contributed by atoms with van der Waals surface area (Å²) in [6, 6.07) is 16.3. The first-order valence-corrected chi connectivity index (χ1v) is 10.7. The lowest BCUT2D eigenvalue weighted by Gasteiger charge is -2.16. The number of amides is 2. The summed E-state index contributed by atoms with van der Waals surface area (Å²) in [6.07, 6.45) is 0. The van der Waals surface area contributed by atoms with Crippen molar-refractivity contribution in [2.75, 3.05) is 23.4 Å². The fourth-order valence-electron chi connectivity index (χ4n) is 3.67. The lowest BCUT2D eigenvalue weighted by atomic mass is 10.0. The second-order valence-corrected chi connectivity index (χ2v) is 7.30. The molecule has 2 amide bonds. The topological polar surface area (TPSA) is 67.9 Å². The lowest BCUT2D eigenvalue weighted by Crippen LogP contribution is -2.33. The monoisotopic (exact) mass is 464 g/mol. The molecule has 3 aromatic carbocycles. The van der Waals surface area contributed by atoms with Crippen molar-refractivity contribution in [3.8, 4) is 11.5 Å². The predicted molar refractivity (Wildman–Crippen MR) is 125 cm³/mol. The van der Waals surface area contributed by atoms with Crippen LogP contribution >= 0.6 is 0 Å². The molecular weight excluding hydrogens is 442 g/mol.